The van der Waals surface area contributed by atoms with Crippen molar-refractivity contribution in [2.24, 2.45) is 5.73 Å². The lowest BCUT2D eigenvalue weighted by Crippen LogP contribution is -2.06. The summed E-state index contributed by atoms with van der Waals surface area (Å²) >= 11 is 3.44. The molecule has 0 saturated carbocycles. The van der Waals surface area contributed by atoms with E-state index < -0.39 is 0 Å². The molecule has 2 N–H and O–H groups in total. The lowest BCUT2D eigenvalue weighted by molar-refractivity contribution is 0.464. The molecule has 2 nitrogen and oxygen atoms in total. The summed E-state index contributed by atoms with van der Waals surface area (Å²) in [5, 5.41) is 0. The molecular weight excluding hydrogens is 309 g/mol. The Hall–Kier alpha value is -1.39. The second-order valence-electron chi connectivity index (χ2n) is 4.29. The van der Waals surface area contributed by atoms with Gasteiger partial charge in [0, 0.05) is 5.56 Å². The zero-order valence-electron chi connectivity index (χ0n) is 10.6. The van der Waals surface area contributed by atoms with E-state index in [0.717, 1.165) is 10.0 Å². The monoisotopic (exact) mass is 323 g/mol. The summed E-state index contributed by atoms with van der Waals surface area (Å²) < 4.78 is 20.4. The molecule has 0 atom stereocenters. The number of aryl methyl sites for hydroxylation is 1. The topological polar surface area (TPSA) is 35.2 Å². The summed E-state index contributed by atoms with van der Waals surface area (Å²) in [5.74, 6) is 0.885. The van der Waals surface area contributed by atoms with E-state index in [2.05, 4.69) is 15.9 Å². The maximum absolute atomic E-state index is 13.8. The maximum Gasteiger partial charge on any atom is 0.141 e. The Morgan fingerprint density at radius 1 is 1.21 bits per heavy atom. The van der Waals surface area contributed by atoms with Crippen LogP contribution in [0.5, 0.6) is 11.5 Å². The van der Waals surface area contributed by atoms with Crippen LogP contribution in [-0.2, 0) is 6.42 Å². The molecule has 2 aromatic rings. The van der Waals surface area contributed by atoms with Gasteiger partial charge in [0.15, 0.2) is 0 Å². The Morgan fingerprint density at radius 2 is 2.00 bits per heavy atom. The minimum atomic E-state index is -0.286. The van der Waals surface area contributed by atoms with Crippen LogP contribution >= 0.6 is 15.9 Å². The molecule has 0 spiro atoms. The fourth-order valence-corrected chi connectivity index (χ4v) is 2.40. The zero-order chi connectivity index (χ0) is 13.8. The van der Waals surface area contributed by atoms with Gasteiger partial charge < -0.3 is 10.5 Å². The van der Waals surface area contributed by atoms with Gasteiger partial charge in [0.25, 0.3) is 0 Å². The highest BCUT2D eigenvalue weighted by molar-refractivity contribution is 9.10. The summed E-state index contributed by atoms with van der Waals surface area (Å²) in [6.07, 6.45) is 0.450. The molecule has 0 radical (unpaired) electrons. The van der Waals surface area contributed by atoms with Crippen molar-refractivity contribution in [1.82, 2.24) is 0 Å². The lowest BCUT2D eigenvalue weighted by atomic mass is 10.1. The van der Waals surface area contributed by atoms with Crippen molar-refractivity contribution in [3.05, 3.63) is 57.8 Å². The normalized spacial score (nSPS) is 10.5. The van der Waals surface area contributed by atoms with E-state index in [1.807, 2.05) is 25.1 Å². The standard InChI is InChI=1S/C15H15BrFNO/c1-10-5-6-15(12(16)9-10)19-14-4-2-3-13(17)11(14)7-8-18/h2-6,9H,7-8,18H2,1H3. The van der Waals surface area contributed by atoms with Crippen LogP contribution in [0.4, 0.5) is 4.39 Å². The van der Waals surface area contributed by atoms with E-state index in [4.69, 9.17) is 10.5 Å². The molecule has 0 amide bonds. The van der Waals surface area contributed by atoms with Crippen LogP contribution < -0.4 is 10.5 Å². The zero-order valence-corrected chi connectivity index (χ0v) is 12.2. The van der Waals surface area contributed by atoms with Gasteiger partial charge in [0.1, 0.15) is 17.3 Å². The predicted molar refractivity (Wildman–Crippen MR) is 78.1 cm³/mol. The van der Waals surface area contributed by atoms with E-state index in [1.54, 1.807) is 12.1 Å². The maximum atomic E-state index is 13.8. The van der Waals surface area contributed by atoms with Crippen LogP contribution in [0.2, 0.25) is 0 Å². The molecular formula is C15H15BrFNO. The average Bonchev–Trinajstić information content (AvgIpc) is 2.37. The van der Waals surface area contributed by atoms with Crippen LogP contribution in [0.1, 0.15) is 11.1 Å². The van der Waals surface area contributed by atoms with Gasteiger partial charge in [0.05, 0.1) is 4.47 Å². The molecule has 0 aliphatic rings. The molecule has 0 aliphatic carbocycles. The van der Waals surface area contributed by atoms with Gasteiger partial charge in [-0.3, -0.25) is 0 Å². The van der Waals surface area contributed by atoms with Crippen molar-refractivity contribution in [2.75, 3.05) is 6.54 Å². The Morgan fingerprint density at radius 3 is 2.68 bits per heavy atom. The molecule has 0 saturated heterocycles. The summed E-state index contributed by atoms with van der Waals surface area (Å²) in [6.45, 7) is 2.38. The van der Waals surface area contributed by atoms with Crippen LogP contribution in [0.15, 0.2) is 40.9 Å². The lowest BCUT2D eigenvalue weighted by Gasteiger charge is -2.13. The highest BCUT2D eigenvalue weighted by Gasteiger charge is 2.11. The molecule has 4 heteroatoms. The molecule has 2 rings (SSSR count). The van der Waals surface area contributed by atoms with Gasteiger partial charge in [-0.15, -0.1) is 0 Å². The predicted octanol–water partition coefficient (Wildman–Crippen LogP) is 4.19. The third-order valence-corrected chi connectivity index (χ3v) is 3.40. The Kier molecular flexibility index (Phi) is 4.56. The largest absolute Gasteiger partial charge is 0.456 e. The van der Waals surface area contributed by atoms with Gasteiger partial charge in [-0.1, -0.05) is 12.1 Å². The van der Waals surface area contributed by atoms with Gasteiger partial charge >= 0.3 is 0 Å². The number of hydrogen-bond donors (Lipinski definition) is 1. The quantitative estimate of drug-likeness (QED) is 0.915. The van der Waals surface area contributed by atoms with Crippen LogP contribution in [0, 0.1) is 12.7 Å². The average molecular weight is 324 g/mol. The first kappa shape index (κ1) is 14.0. The van der Waals surface area contributed by atoms with Crippen LogP contribution in [0.3, 0.4) is 0 Å². The van der Waals surface area contributed by atoms with Crippen LogP contribution in [0.25, 0.3) is 0 Å². The fraction of sp³-hybridized carbons (Fsp3) is 0.200. The van der Waals surface area contributed by atoms with E-state index >= 15 is 0 Å². The van der Waals surface area contributed by atoms with E-state index in [0.29, 0.717) is 30.0 Å². The third-order valence-electron chi connectivity index (χ3n) is 2.78. The van der Waals surface area contributed by atoms with E-state index in [-0.39, 0.29) is 5.82 Å². The van der Waals surface area contributed by atoms with Crippen molar-refractivity contribution < 1.29 is 9.13 Å². The fourth-order valence-electron chi connectivity index (χ4n) is 1.83. The SMILES string of the molecule is Cc1ccc(Oc2cccc(F)c2CCN)c(Br)c1. The summed E-state index contributed by atoms with van der Waals surface area (Å²) in [7, 11) is 0. The number of nitrogens with two attached hydrogens (primary N) is 1. The van der Waals surface area contributed by atoms with Gasteiger partial charge in [-0.05, 0) is 65.6 Å². The van der Waals surface area contributed by atoms with Crippen molar-refractivity contribution in [3.63, 3.8) is 0 Å². The Balaban J connectivity index is 2.35. The van der Waals surface area contributed by atoms with Crippen molar-refractivity contribution in [1.29, 1.82) is 0 Å². The second-order valence-corrected chi connectivity index (χ2v) is 5.15. The molecule has 0 unspecified atom stereocenters. The molecule has 0 fully saturated rings. The Labute approximate surface area is 120 Å². The highest BCUT2D eigenvalue weighted by Crippen LogP contribution is 2.33. The smallest absolute Gasteiger partial charge is 0.141 e. The van der Waals surface area contributed by atoms with Gasteiger partial charge in [-0.2, -0.15) is 0 Å². The van der Waals surface area contributed by atoms with E-state index in [9.17, 15) is 4.39 Å². The molecule has 2 aromatic carbocycles. The molecule has 100 valence electrons. The first-order valence-corrected chi connectivity index (χ1v) is 6.82. The minimum absolute atomic E-state index is 0.286. The number of halogens is 2. The van der Waals surface area contributed by atoms with Crippen molar-refractivity contribution >= 4 is 15.9 Å². The molecule has 19 heavy (non-hydrogen) atoms. The third kappa shape index (κ3) is 3.33. The first-order valence-electron chi connectivity index (χ1n) is 6.03. The summed E-state index contributed by atoms with van der Waals surface area (Å²) in [6, 6.07) is 10.6. The minimum Gasteiger partial charge on any atom is -0.456 e. The second kappa shape index (κ2) is 6.17. The molecule has 0 heterocycles. The Bertz CT molecular complexity index is 586. The molecule has 0 aliphatic heterocycles. The number of ether oxygens (including phenoxy) is 1. The number of rotatable bonds is 4. The van der Waals surface area contributed by atoms with Gasteiger partial charge in [-0.25, -0.2) is 4.39 Å². The van der Waals surface area contributed by atoms with Crippen molar-refractivity contribution in [3.8, 4) is 11.5 Å². The number of benzene rings is 2. The van der Waals surface area contributed by atoms with Crippen molar-refractivity contribution in [2.45, 2.75) is 13.3 Å². The first-order chi connectivity index (χ1) is 9.11. The molecule has 0 aromatic heterocycles. The summed E-state index contributed by atoms with van der Waals surface area (Å²) in [5.41, 5.74) is 7.15. The summed E-state index contributed by atoms with van der Waals surface area (Å²) in [4.78, 5) is 0. The van der Waals surface area contributed by atoms with Gasteiger partial charge in [0.2, 0.25) is 0 Å². The highest BCUT2D eigenvalue weighted by atomic mass is 79.9. The van der Waals surface area contributed by atoms with E-state index in [1.165, 1.54) is 6.07 Å². The molecule has 0 bridgehead atoms. The van der Waals surface area contributed by atoms with Crippen LogP contribution in [-0.4, -0.2) is 6.54 Å². The number of hydrogen-bond acceptors (Lipinski definition) is 2.